The number of pyridine rings is 1. The minimum atomic E-state index is -0.737. The summed E-state index contributed by atoms with van der Waals surface area (Å²) in [7, 11) is 0. The Morgan fingerprint density at radius 3 is 2.77 bits per heavy atom. The van der Waals surface area contributed by atoms with Gasteiger partial charge in [-0.15, -0.1) is 0 Å². The lowest BCUT2D eigenvalue weighted by Gasteiger charge is -2.35. The number of nitrogens with one attached hydrogen (secondary N) is 2. The largest absolute Gasteiger partial charge is 0.364 e. The zero-order chi connectivity index (χ0) is 22.0. The first-order valence-electron chi connectivity index (χ1n) is 9.63. The van der Waals surface area contributed by atoms with Crippen LogP contribution < -0.4 is 16.4 Å². The Morgan fingerprint density at radius 1 is 1.19 bits per heavy atom. The second-order valence-electron chi connectivity index (χ2n) is 7.03. The molecular formula is C20H20ClN7O3. The molecule has 160 valence electrons. The summed E-state index contributed by atoms with van der Waals surface area (Å²) in [6.45, 7) is 1.07. The molecule has 0 aliphatic carbocycles. The van der Waals surface area contributed by atoms with Crippen molar-refractivity contribution < 1.29 is 14.4 Å². The Labute approximate surface area is 182 Å². The number of aromatic nitrogens is 3. The Bertz CT molecular complexity index is 1160. The van der Waals surface area contributed by atoms with Crippen molar-refractivity contribution in [2.24, 2.45) is 5.73 Å². The van der Waals surface area contributed by atoms with Crippen LogP contribution in [-0.4, -0.2) is 63.1 Å². The van der Waals surface area contributed by atoms with Crippen molar-refractivity contribution >= 4 is 46.0 Å². The Balaban J connectivity index is 1.55. The molecule has 0 spiro atoms. The highest BCUT2D eigenvalue weighted by molar-refractivity contribution is 6.29. The molecule has 11 heteroatoms. The lowest BCUT2D eigenvalue weighted by molar-refractivity contribution is -0.140. The number of carbonyl (C=O) groups excluding carboxylic acids is 3. The fraction of sp³-hybridized carbons (Fsp3) is 0.250. The van der Waals surface area contributed by atoms with Crippen LogP contribution in [0.5, 0.6) is 0 Å². The third-order valence-corrected chi connectivity index (χ3v) is 5.22. The lowest BCUT2D eigenvalue weighted by Crippen LogP contribution is -2.59. The highest BCUT2D eigenvalue weighted by atomic mass is 35.5. The van der Waals surface area contributed by atoms with Crippen LogP contribution in [0.25, 0.3) is 10.9 Å². The molecule has 3 aromatic rings. The number of hydrogen-bond donors (Lipinski definition) is 3. The number of nitrogens with two attached hydrogens (primary N) is 1. The maximum Gasteiger partial charge on any atom is 0.269 e. The first-order valence-corrected chi connectivity index (χ1v) is 10.0. The molecule has 4 rings (SSSR count). The number of piperazine rings is 1. The molecule has 3 amide bonds. The smallest absolute Gasteiger partial charge is 0.269 e. The predicted octanol–water partition coefficient (Wildman–Crippen LogP) is 0.623. The molecule has 1 atom stereocenters. The minimum absolute atomic E-state index is 0.102. The van der Waals surface area contributed by atoms with E-state index in [0.717, 1.165) is 0 Å². The lowest BCUT2D eigenvalue weighted by atomic mass is 10.1. The van der Waals surface area contributed by atoms with Crippen LogP contribution in [0.4, 0.5) is 5.82 Å². The summed E-state index contributed by atoms with van der Waals surface area (Å²) < 4.78 is 1.44. The van der Waals surface area contributed by atoms with Gasteiger partial charge in [0.05, 0.1) is 5.52 Å². The monoisotopic (exact) mass is 441 g/mol. The zero-order valence-corrected chi connectivity index (χ0v) is 17.2. The summed E-state index contributed by atoms with van der Waals surface area (Å²) in [6.07, 6.45) is 0. The van der Waals surface area contributed by atoms with Gasteiger partial charge in [-0.1, -0.05) is 35.9 Å². The average Bonchev–Trinajstić information content (AvgIpc) is 3.12. The van der Waals surface area contributed by atoms with E-state index in [0.29, 0.717) is 36.4 Å². The maximum absolute atomic E-state index is 13.1. The predicted molar refractivity (Wildman–Crippen MR) is 114 cm³/mol. The molecule has 1 aromatic carbocycles. The molecule has 31 heavy (non-hydrogen) atoms. The number of benzene rings is 1. The van der Waals surface area contributed by atoms with Crippen LogP contribution in [0.3, 0.4) is 0 Å². The van der Waals surface area contributed by atoms with Gasteiger partial charge >= 0.3 is 0 Å². The number of hydrogen-bond acceptors (Lipinski definition) is 6. The summed E-state index contributed by atoms with van der Waals surface area (Å²) >= 11 is 5.87. The number of fused-ring (bicyclic) bond motifs is 1. The van der Waals surface area contributed by atoms with Gasteiger partial charge in [0.15, 0.2) is 5.69 Å². The first kappa shape index (κ1) is 20.8. The molecule has 1 fully saturated rings. The number of halogens is 1. The number of rotatable bonds is 5. The van der Waals surface area contributed by atoms with E-state index in [1.165, 1.54) is 9.58 Å². The molecule has 0 bridgehead atoms. The standard InChI is InChI=1S/C20H20ClN7O3/c21-15-6-3-7-16(24-15)25-20(31)14-10-23-8-9-27(14)17(29)11-28-13-5-2-1-4-12(13)18(26-28)19(22)30/h1-7,14,23H,8-11H2,(H2,22,30)(H,24,25,31). The highest BCUT2D eigenvalue weighted by Gasteiger charge is 2.33. The van der Waals surface area contributed by atoms with Gasteiger partial charge < -0.3 is 21.3 Å². The van der Waals surface area contributed by atoms with Crippen molar-refractivity contribution in [1.82, 2.24) is 25.0 Å². The van der Waals surface area contributed by atoms with Crippen molar-refractivity contribution in [3.8, 4) is 0 Å². The summed E-state index contributed by atoms with van der Waals surface area (Å²) in [4.78, 5) is 43.2. The van der Waals surface area contributed by atoms with Gasteiger partial charge in [-0.05, 0) is 18.2 Å². The van der Waals surface area contributed by atoms with Crippen molar-refractivity contribution in [2.45, 2.75) is 12.6 Å². The van der Waals surface area contributed by atoms with Gasteiger partial charge in [-0.3, -0.25) is 19.1 Å². The quantitative estimate of drug-likeness (QED) is 0.497. The van der Waals surface area contributed by atoms with Crippen LogP contribution in [0.1, 0.15) is 10.5 Å². The molecule has 10 nitrogen and oxygen atoms in total. The molecular weight excluding hydrogens is 422 g/mol. The second kappa shape index (κ2) is 8.70. The molecule has 4 N–H and O–H groups in total. The van der Waals surface area contributed by atoms with Gasteiger partial charge in [-0.2, -0.15) is 5.10 Å². The normalized spacial score (nSPS) is 16.3. The Morgan fingerprint density at radius 2 is 2.00 bits per heavy atom. The molecule has 3 heterocycles. The van der Waals surface area contributed by atoms with Gasteiger partial charge in [0.1, 0.15) is 23.6 Å². The fourth-order valence-electron chi connectivity index (χ4n) is 3.57. The van der Waals surface area contributed by atoms with E-state index in [1.807, 2.05) is 0 Å². The molecule has 1 aliphatic rings. The number of amides is 3. The first-order chi connectivity index (χ1) is 14.9. The maximum atomic E-state index is 13.1. The topological polar surface area (TPSA) is 135 Å². The molecule has 2 aromatic heterocycles. The van der Waals surface area contributed by atoms with E-state index in [1.54, 1.807) is 42.5 Å². The van der Waals surface area contributed by atoms with E-state index in [2.05, 4.69) is 20.7 Å². The summed E-state index contributed by atoms with van der Waals surface area (Å²) in [6, 6.07) is 11.2. The average molecular weight is 442 g/mol. The SMILES string of the molecule is NC(=O)c1nn(CC(=O)N2CCNCC2C(=O)Nc2cccc(Cl)n2)c2ccccc12. The fourth-order valence-corrected chi connectivity index (χ4v) is 3.74. The number of carbonyl (C=O) groups is 3. The third-order valence-electron chi connectivity index (χ3n) is 5.01. The van der Waals surface area contributed by atoms with Crippen LogP contribution in [0.15, 0.2) is 42.5 Å². The van der Waals surface area contributed by atoms with Crippen molar-refractivity contribution in [3.05, 3.63) is 53.3 Å². The Kier molecular flexibility index (Phi) is 5.83. The molecule has 1 aliphatic heterocycles. The van der Waals surface area contributed by atoms with E-state index in [-0.39, 0.29) is 29.2 Å². The zero-order valence-electron chi connectivity index (χ0n) is 16.4. The molecule has 1 unspecified atom stereocenters. The van der Waals surface area contributed by atoms with Crippen molar-refractivity contribution in [1.29, 1.82) is 0 Å². The number of primary amides is 1. The Hall–Kier alpha value is -3.50. The summed E-state index contributed by atoms with van der Waals surface area (Å²) in [5, 5.41) is 10.9. The summed E-state index contributed by atoms with van der Waals surface area (Å²) in [5.74, 6) is -1.04. The van der Waals surface area contributed by atoms with E-state index < -0.39 is 11.9 Å². The van der Waals surface area contributed by atoms with Crippen molar-refractivity contribution in [2.75, 3.05) is 25.0 Å². The van der Waals surface area contributed by atoms with Crippen molar-refractivity contribution in [3.63, 3.8) is 0 Å². The second-order valence-corrected chi connectivity index (χ2v) is 7.42. The highest BCUT2D eigenvalue weighted by Crippen LogP contribution is 2.19. The van der Waals surface area contributed by atoms with Gasteiger partial charge in [-0.25, -0.2) is 4.98 Å². The van der Waals surface area contributed by atoms with Gasteiger partial charge in [0.25, 0.3) is 5.91 Å². The number of nitrogens with zero attached hydrogens (tertiary/aromatic N) is 4. The van der Waals surface area contributed by atoms with Crippen LogP contribution in [-0.2, 0) is 16.1 Å². The molecule has 0 saturated carbocycles. The van der Waals surface area contributed by atoms with E-state index >= 15 is 0 Å². The van der Waals surface area contributed by atoms with Gasteiger partial charge in [0.2, 0.25) is 11.8 Å². The number of para-hydroxylation sites is 1. The van der Waals surface area contributed by atoms with Gasteiger partial charge in [0, 0.05) is 25.0 Å². The van der Waals surface area contributed by atoms with Crippen LogP contribution in [0.2, 0.25) is 5.15 Å². The molecule has 1 saturated heterocycles. The third kappa shape index (κ3) is 4.35. The minimum Gasteiger partial charge on any atom is -0.364 e. The van der Waals surface area contributed by atoms with Crippen LogP contribution >= 0.6 is 11.6 Å². The van der Waals surface area contributed by atoms with E-state index in [9.17, 15) is 14.4 Å². The number of anilines is 1. The molecule has 0 radical (unpaired) electrons. The van der Waals surface area contributed by atoms with E-state index in [4.69, 9.17) is 17.3 Å². The summed E-state index contributed by atoms with van der Waals surface area (Å²) in [5.41, 5.74) is 6.14. The van der Waals surface area contributed by atoms with Crippen LogP contribution in [0, 0.1) is 0 Å².